The van der Waals surface area contributed by atoms with E-state index in [0.29, 0.717) is 6.42 Å². The molecule has 0 N–H and O–H groups in total. The van der Waals surface area contributed by atoms with Crippen molar-refractivity contribution in [2.45, 2.75) is 38.8 Å². The normalized spacial score (nSPS) is 14.0. The number of carbonyl (C=O) groups excluding carboxylic acids is 1. The maximum absolute atomic E-state index is 11.8. The minimum Gasteiger partial charge on any atom is -0.469 e. The number of benzene rings is 1. The molecule has 0 radical (unpaired) electrons. The van der Waals surface area contributed by atoms with Crippen LogP contribution in [-0.4, -0.2) is 30.6 Å². The number of hydrogen-bond donors (Lipinski definition) is 0. The summed E-state index contributed by atoms with van der Waals surface area (Å²) in [4.78, 5) is 14.1. The summed E-state index contributed by atoms with van der Waals surface area (Å²) in [6, 6.07) is 10.6. The van der Waals surface area contributed by atoms with Gasteiger partial charge in [-0.15, -0.1) is 6.58 Å². The molecule has 3 heteroatoms. The lowest BCUT2D eigenvalue weighted by molar-refractivity contribution is -0.142. The summed E-state index contributed by atoms with van der Waals surface area (Å²) < 4.78 is 4.86. The highest BCUT2D eigenvalue weighted by Gasteiger charge is 2.25. The molecule has 0 amide bonds. The molecule has 0 aliphatic carbocycles. The van der Waals surface area contributed by atoms with E-state index in [1.165, 1.54) is 12.7 Å². The van der Waals surface area contributed by atoms with E-state index in [-0.39, 0.29) is 18.1 Å². The van der Waals surface area contributed by atoms with Gasteiger partial charge in [-0.2, -0.15) is 0 Å². The molecule has 0 aliphatic heterocycles. The lowest BCUT2D eigenvalue weighted by Gasteiger charge is -2.35. The van der Waals surface area contributed by atoms with Crippen molar-refractivity contribution >= 4 is 5.97 Å². The number of nitrogens with zero attached hydrogens (tertiary/aromatic N) is 1. The van der Waals surface area contributed by atoms with Crippen LogP contribution in [0.1, 0.15) is 38.3 Å². The van der Waals surface area contributed by atoms with Crippen molar-refractivity contribution < 1.29 is 9.53 Å². The zero-order valence-electron chi connectivity index (χ0n) is 13.9. The number of carbonyl (C=O) groups is 1. The van der Waals surface area contributed by atoms with Crippen molar-refractivity contribution in [1.29, 1.82) is 0 Å². The van der Waals surface area contributed by atoms with Crippen LogP contribution in [0.15, 0.2) is 55.1 Å². The van der Waals surface area contributed by atoms with Crippen molar-refractivity contribution in [2.24, 2.45) is 0 Å². The van der Waals surface area contributed by atoms with Gasteiger partial charge in [0.2, 0.25) is 0 Å². The molecule has 0 bridgehead atoms. The van der Waals surface area contributed by atoms with E-state index >= 15 is 0 Å². The van der Waals surface area contributed by atoms with Gasteiger partial charge in [0.1, 0.15) is 0 Å². The molecular weight excluding hydrogens is 274 g/mol. The molecule has 0 saturated carbocycles. The molecule has 0 fully saturated rings. The number of hydrogen-bond acceptors (Lipinski definition) is 3. The Labute approximate surface area is 134 Å². The smallest absolute Gasteiger partial charge is 0.307 e. The molecule has 22 heavy (non-hydrogen) atoms. The highest BCUT2D eigenvalue weighted by molar-refractivity contribution is 5.70. The fourth-order valence-corrected chi connectivity index (χ4v) is 2.60. The number of allylic oxidation sites excluding steroid dienone is 1. The second-order valence-electron chi connectivity index (χ2n) is 5.31. The largest absolute Gasteiger partial charge is 0.469 e. The van der Waals surface area contributed by atoms with E-state index in [9.17, 15) is 4.79 Å². The fraction of sp³-hybridized carbons (Fsp3) is 0.421. The third-order valence-corrected chi connectivity index (χ3v) is 3.86. The predicted molar refractivity (Wildman–Crippen MR) is 91.6 cm³/mol. The quantitative estimate of drug-likeness (QED) is 0.507. The Bertz CT molecular complexity index is 481. The lowest BCUT2D eigenvalue weighted by Crippen LogP contribution is -2.39. The van der Waals surface area contributed by atoms with Gasteiger partial charge in [0, 0.05) is 18.6 Å². The van der Waals surface area contributed by atoms with Crippen LogP contribution in [0.2, 0.25) is 0 Å². The monoisotopic (exact) mass is 301 g/mol. The van der Waals surface area contributed by atoms with E-state index in [2.05, 4.69) is 36.6 Å². The second kappa shape index (κ2) is 9.96. The van der Waals surface area contributed by atoms with Crippen LogP contribution in [0, 0.1) is 0 Å². The standard InChI is InChI=1S/C19H27NO2/c1-5-7-13-18(15-19(21)22-4)20(14-6-2)16(3)17-11-9-8-10-12-17/h5-12,16,18H,2,13-15H2,1,3-4H3/b7-5+/t16-,18-/m0/s1. The Morgan fingerprint density at radius 1 is 1.36 bits per heavy atom. The van der Waals surface area contributed by atoms with Crippen molar-refractivity contribution in [3.05, 3.63) is 60.7 Å². The van der Waals surface area contributed by atoms with Gasteiger partial charge in [-0.25, -0.2) is 0 Å². The molecule has 0 saturated heterocycles. The molecule has 0 unspecified atom stereocenters. The van der Waals surface area contributed by atoms with Gasteiger partial charge >= 0.3 is 5.97 Å². The summed E-state index contributed by atoms with van der Waals surface area (Å²) in [6.07, 6.45) is 7.20. The number of esters is 1. The minimum atomic E-state index is -0.177. The van der Waals surface area contributed by atoms with E-state index in [4.69, 9.17) is 4.74 Å². The van der Waals surface area contributed by atoms with Crippen molar-refractivity contribution in [2.75, 3.05) is 13.7 Å². The van der Waals surface area contributed by atoms with E-state index in [1.807, 2.05) is 37.3 Å². The highest BCUT2D eigenvalue weighted by atomic mass is 16.5. The number of ether oxygens (including phenoxy) is 1. The average molecular weight is 301 g/mol. The van der Waals surface area contributed by atoms with Crippen LogP contribution < -0.4 is 0 Å². The average Bonchev–Trinajstić information content (AvgIpc) is 2.56. The number of methoxy groups -OCH3 is 1. The molecule has 2 atom stereocenters. The van der Waals surface area contributed by atoms with Gasteiger partial charge in [0.05, 0.1) is 13.5 Å². The lowest BCUT2D eigenvalue weighted by atomic mass is 10.0. The fourth-order valence-electron chi connectivity index (χ4n) is 2.60. The molecule has 0 spiro atoms. The van der Waals surface area contributed by atoms with E-state index in [1.54, 1.807) is 0 Å². The highest BCUT2D eigenvalue weighted by Crippen LogP contribution is 2.25. The van der Waals surface area contributed by atoms with Crippen LogP contribution in [0.25, 0.3) is 0 Å². The first-order valence-corrected chi connectivity index (χ1v) is 7.73. The molecule has 0 heterocycles. The minimum absolute atomic E-state index is 0.0943. The summed E-state index contributed by atoms with van der Waals surface area (Å²) in [5, 5.41) is 0. The van der Waals surface area contributed by atoms with Crippen molar-refractivity contribution in [3.63, 3.8) is 0 Å². The molecule has 1 aromatic rings. The first-order valence-electron chi connectivity index (χ1n) is 7.73. The summed E-state index contributed by atoms with van der Waals surface area (Å²) in [5.74, 6) is -0.177. The SMILES string of the molecule is C=CCN([C@@H](C/C=C/C)CC(=O)OC)[C@@H](C)c1ccccc1. The van der Waals surface area contributed by atoms with E-state index < -0.39 is 0 Å². The molecule has 3 nitrogen and oxygen atoms in total. The molecule has 1 rings (SSSR count). The zero-order valence-corrected chi connectivity index (χ0v) is 13.9. The van der Waals surface area contributed by atoms with Gasteiger partial charge in [-0.05, 0) is 25.8 Å². The number of rotatable bonds is 9. The van der Waals surface area contributed by atoms with Crippen LogP contribution in [0.4, 0.5) is 0 Å². The Morgan fingerprint density at radius 3 is 2.59 bits per heavy atom. The topological polar surface area (TPSA) is 29.5 Å². The molecule has 0 aromatic heterocycles. The van der Waals surface area contributed by atoms with Crippen LogP contribution in [0.3, 0.4) is 0 Å². The third kappa shape index (κ3) is 5.49. The first-order chi connectivity index (χ1) is 10.6. The summed E-state index contributed by atoms with van der Waals surface area (Å²) >= 11 is 0. The van der Waals surface area contributed by atoms with Crippen LogP contribution in [-0.2, 0) is 9.53 Å². The molecular formula is C19H27NO2. The first kappa shape index (κ1) is 18.2. The van der Waals surface area contributed by atoms with Crippen molar-refractivity contribution in [1.82, 2.24) is 4.90 Å². The van der Waals surface area contributed by atoms with Crippen LogP contribution >= 0.6 is 0 Å². The van der Waals surface area contributed by atoms with Gasteiger partial charge in [-0.1, -0.05) is 48.6 Å². The maximum atomic E-state index is 11.8. The van der Waals surface area contributed by atoms with E-state index in [0.717, 1.165) is 13.0 Å². The third-order valence-electron chi connectivity index (χ3n) is 3.86. The maximum Gasteiger partial charge on any atom is 0.307 e. The zero-order chi connectivity index (χ0) is 16.4. The second-order valence-corrected chi connectivity index (χ2v) is 5.31. The van der Waals surface area contributed by atoms with Gasteiger partial charge < -0.3 is 4.74 Å². The van der Waals surface area contributed by atoms with Crippen molar-refractivity contribution in [3.8, 4) is 0 Å². The molecule has 1 aromatic carbocycles. The van der Waals surface area contributed by atoms with Crippen LogP contribution in [0.5, 0.6) is 0 Å². The Hall–Kier alpha value is -1.87. The summed E-state index contributed by atoms with van der Waals surface area (Å²) in [5.41, 5.74) is 1.24. The van der Waals surface area contributed by atoms with Gasteiger partial charge in [-0.3, -0.25) is 9.69 Å². The molecule has 0 aliphatic rings. The summed E-state index contributed by atoms with van der Waals surface area (Å²) in [7, 11) is 1.44. The van der Waals surface area contributed by atoms with Gasteiger partial charge in [0.25, 0.3) is 0 Å². The molecule has 120 valence electrons. The summed E-state index contributed by atoms with van der Waals surface area (Å²) in [6.45, 7) is 8.75. The Kier molecular flexibility index (Phi) is 8.23. The van der Waals surface area contributed by atoms with Gasteiger partial charge in [0.15, 0.2) is 0 Å². The Morgan fingerprint density at radius 2 is 2.05 bits per heavy atom. The Balaban J connectivity index is 2.99. The predicted octanol–water partition coefficient (Wildman–Crippen LogP) is 4.13.